The van der Waals surface area contributed by atoms with Crippen LogP contribution in [0.2, 0.25) is 0 Å². The third-order valence-electron chi connectivity index (χ3n) is 26.3. The van der Waals surface area contributed by atoms with Crippen LogP contribution in [0.15, 0.2) is 71.9 Å². The highest BCUT2D eigenvalue weighted by Crippen LogP contribution is 2.43. The number of piperidine rings is 2. The Morgan fingerprint density at radius 3 is 1.25 bits per heavy atom. The lowest BCUT2D eigenvalue weighted by atomic mass is 9.78. The van der Waals surface area contributed by atoms with Gasteiger partial charge in [0, 0.05) is 89.9 Å². The molecule has 4 saturated heterocycles. The molecule has 2 aliphatic carbocycles. The van der Waals surface area contributed by atoms with Crippen molar-refractivity contribution in [3.8, 4) is 0 Å². The number of hydrogen-bond donors (Lipinski definition) is 6. The Hall–Kier alpha value is -6.01. The summed E-state index contributed by atoms with van der Waals surface area (Å²) >= 11 is 0. The first kappa shape index (κ1) is 97.1. The van der Waals surface area contributed by atoms with E-state index >= 15 is 0 Å². The normalized spacial score (nSPS) is 40.4. The Morgan fingerprint density at radius 2 is 0.888 bits per heavy atom. The number of carbonyl (C=O) groups is 9. The predicted molar refractivity (Wildman–Crippen MR) is 433 cm³/mol. The number of aliphatic hydroxyl groups excluding tert-OH is 3. The number of carboxylic acid groups (broad SMARTS) is 1. The zero-order valence-corrected chi connectivity index (χ0v) is 72.0. The monoisotopic (exact) mass is 1630 g/mol. The molecule has 0 spiro atoms. The predicted octanol–water partition coefficient (Wildman–Crippen LogP) is 10.6. The molecule has 26 nitrogen and oxygen atoms in total. The molecule has 26 heteroatoms. The fourth-order valence-corrected chi connectivity index (χ4v) is 19.3. The number of amides is 2. The number of ketones is 4. The fourth-order valence-electron chi connectivity index (χ4n) is 19.3. The first-order chi connectivity index (χ1) is 54.8. The molecule has 654 valence electrons. The summed E-state index contributed by atoms with van der Waals surface area (Å²) in [6, 6.07) is -2.28. The average Bonchev–Trinajstić information content (AvgIpc) is 0.781. The second kappa shape index (κ2) is 44.5. The summed E-state index contributed by atoms with van der Waals surface area (Å²) < 4.78 is 54.1. The van der Waals surface area contributed by atoms with Crippen molar-refractivity contribution in [2.75, 3.05) is 48.1 Å². The van der Waals surface area contributed by atoms with E-state index in [4.69, 9.17) is 47.7 Å². The van der Waals surface area contributed by atoms with Gasteiger partial charge in [0.2, 0.25) is 11.6 Å². The Balaban J connectivity index is 0.000000322. The van der Waals surface area contributed by atoms with Gasteiger partial charge >= 0.3 is 17.9 Å². The lowest BCUT2D eigenvalue weighted by molar-refractivity contribution is -0.302. The number of carboxylic acids is 1. The molecule has 0 aromatic rings. The maximum Gasteiger partial charge on any atom is 0.329 e. The summed E-state index contributed by atoms with van der Waals surface area (Å²) in [5, 5.41) is 67.0. The molecule has 0 aromatic carbocycles. The van der Waals surface area contributed by atoms with Crippen LogP contribution in [-0.2, 0) is 85.8 Å². The van der Waals surface area contributed by atoms with Gasteiger partial charge in [-0.15, -0.1) is 13.2 Å². The van der Waals surface area contributed by atoms with Crippen LogP contribution in [0.5, 0.6) is 0 Å². The van der Waals surface area contributed by atoms with Crippen molar-refractivity contribution in [3.05, 3.63) is 71.9 Å². The first-order valence-electron chi connectivity index (χ1n) is 42.7. The van der Waals surface area contributed by atoms with Crippen LogP contribution in [-0.4, -0.2) is 238 Å². The van der Waals surface area contributed by atoms with Gasteiger partial charge in [-0.3, -0.25) is 28.8 Å². The number of aliphatic hydroxyl groups is 5. The fraction of sp³-hybridized carbons (Fsp3) is 0.767. The van der Waals surface area contributed by atoms with Crippen LogP contribution in [0.1, 0.15) is 224 Å². The van der Waals surface area contributed by atoms with Crippen LogP contribution in [0.4, 0.5) is 0 Å². The standard InChI is InChI=1S/C46H71NO13.C44H69NO11/c1-10-13-33-19-26(2)18-27(3)20-38(56-8)42-39(57-9)23-30(6)46(55,60-42)43(52)44(53)47-17-12-11-14-34(47)45(54)59-41(31(7)35(48)24-36(33)49)29(5)22-32-15-16-37(28(4)21-32)58-25-40(50)51;1-10-13-32-19-25(2)18-26(3)20-37(53-8)40-38(54-9)23-29(6)44(52,56-40)41(49)42(50)45-17-12-11-14-33(45)43(51)55-39(30(7)35(47)24-36(32)48)28(5)22-31-15-16-34(46)27(4)21-31/h10,19,22,27-28,30-35,37-39,41-42,48,55H,1,11-18,20-21,23-25H2,2-9H3,(H,50,51);10,19,22,26-27,29-35,37-40,46-47,52H,1,11-18,20-21,23-24H2,2-9H3/b26-19+,29-22+;25-19+,28-22+/t27-,28+,30+,31+,32?,33+,34-,35-,37+,38-,39-,41+,42+,46+;26-,27+,29+,30+,31?,32+,33-,34+,35-,37-,38-,39+,40+,44+/m00/s1. The van der Waals surface area contributed by atoms with Crippen molar-refractivity contribution >= 4 is 52.9 Å². The number of hydrogen-bond acceptors (Lipinski definition) is 23. The molecule has 8 rings (SSSR count). The number of fused-ring (bicyclic) bond motifs is 6. The quantitative estimate of drug-likeness (QED) is 0.0504. The Morgan fingerprint density at radius 1 is 0.509 bits per heavy atom. The molecule has 6 fully saturated rings. The largest absolute Gasteiger partial charge is 0.480 e. The number of nitrogens with zero attached hydrogens (tertiary/aromatic N) is 2. The van der Waals surface area contributed by atoms with E-state index in [0.717, 1.165) is 24.0 Å². The van der Waals surface area contributed by atoms with E-state index in [1.807, 2.05) is 79.7 Å². The first-order valence-corrected chi connectivity index (χ1v) is 42.7. The Labute approximate surface area is 688 Å². The number of allylic oxidation sites excluding steroid dienone is 8. The lowest BCUT2D eigenvalue weighted by Gasteiger charge is -2.47. The summed E-state index contributed by atoms with van der Waals surface area (Å²) in [5.74, 6) is -16.2. The molecule has 4 bridgehead atoms. The van der Waals surface area contributed by atoms with Gasteiger partial charge < -0.3 is 83.1 Å². The second-order valence-corrected chi connectivity index (χ2v) is 35.6. The molecule has 0 radical (unpaired) electrons. The maximum atomic E-state index is 14.4. The molecule has 2 amide bonds. The highest BCUT2D eigenvalue weighted by Gasteiger charge is 2.59. The van der Waals surface area contributed by atoms with Gasteiger partial charge in [0.1, 0.15) is 54.7 Å². The van der Waals surface area contributed by atoms with Gasteiger partial charge in [0.15, 0.2) is 0 Å². The number of Topliss-reactive ketones (excluding diaryl/α,β-unsaturated/α-hetero) is 4. The minimum absolute atomic E-state index is 0.000573. The van der Waals surface area contributed by atoms with Crippen molar-refractivity contribution in [1.29, 1.82) is 0 Å². The zero-order valence-electron chi connectivity index (χ0n) is 72.0. The lowest BCUT2D eigenvalue weighted by Crippen LogP contribution is -2.64. The highest BCUT2D eigenvalue weighted by atomic mass is 16.7. The maximum absolute atomic E-state index is 14.4. The van der Waals surface area contributed by atoms with E-state index in [9.17, 15) is 68.7 Å². The van der Waals surface area contributed by atoms with Crippen molar-refractivity contribution in [2.45, 2.75) is 321 Å². The van der Waals surface area contributed by atoms with Crippen LogP contribution >= 0.6 is 0 Å². The summed E-state index contributed by atoms with van der Waals surface area (Å²) in [5.41, 5.74) is 3.27. The Kier molecular flexibility index (Phi) is 37.3. The van der Waals surface area contributed by atoms with Crippen LogP contribution in [0, 0.1) is 71.0 Å². The minimum atomic E-state index is -2.52. The van der Waals surface area contributed by atoms with Crippen molar-refractivity contribution in [3.63, 3.8) is 0 Å². The van der Waals surface area contributed by atoms with Crippen LogP contribution in [0.25, 0.3) is 0 Å². The molecular formula is C90H140N2O24. The molecule has 6 heterocycles. The van der Waals surface area contributed by atoms with Crippen molar-refractivity contribution in [1.82, 2.24) is 9.80 Å². The van der Waals surface area contributed by atoms with E-state index in [1.165, 1.54) is 38.2 Å². The number of aliphatic carboxylic acids is 1. The average molecular weight is 1630 g/mol. The number of cyclic esters (lactones) is 2. The van der Waals surface area contributed by atoms with Gasteiger partial charge in [-0.1, -0.05) is 103 Å². The molecule has 0 aromatic heterocycles. The van der Waals surface area contributed by atoms with Crippen molar-refractivity contribution in [2.24, 2.45) is 71.0 Å². The number of esters is 2. The topological polar surface area (TPSA) is 365 Å². The van der Waals surface area contributed by atoms with Gasteiger partial charge in [-0.2, -0.15) is 0 Å². The third kappa shape index (κ3) is 24.9. The van der Waals surface area contributed by atoms with E-state index in [2.05, 4.69) is 13.2 Å². The van der Waals surface area contributed by atoms with E-state index < -0.39 is 161 Å². The third-order valence-corrected chi connectivity index (χ3v) is 26.3. The second-order valence-electron chi connectivity index (χ2n) is 35.6. The molecule has 2 saturated carbocycles. The molecule has 6 N–H and O–H groups in total. The smallest absolute Gasteiger partial charge is 0.329 e. The van der Waals surface area contributed by atoms with Gasteiger partial charge in [0.05, 0.1) is 48.8 Å². The van der Waals surface area contributed by atoms with Gasteiger partial charge in [-0.05, 0) is 203 Å². The molecule has 116 heavy (non-hydrogen) atoms. The molecule has 6 aliphatic heterocycles. The minimum Gasteiger partial charge on any atom is -0.480 e. The van der Waals surface area contributed by atoms with E-state index in [0.29, 0.717) is 101 Å². The van der Waals surface area contributed by atoms with E-state index in [-0.39, 0.29) is 118 Å². The van der Waals surface area contributed by atoms with E-state index in [1.54, 1.807) is 39.8 Å². The molecular weight excluding hydrogens is 1490 g/mol. The molecule has 2 unspecified atom stereocenters. The highest BCUT2D eigenvalue weighted by molar-refractivity contribution is 6.39. The van der Waals surface area contributed by atoms with Gasteiger partial charge in [0.25, 0.3) is 23.4 Å². The molecule has 28 atom stereocenters. The van der Waals surface area contributed by atoms with Crippen LogP contribution < -0.4 is 0 Å². The number of methoxy groups -OCH3 is 4. The summed E-state index contributed by atoms with van der Waals surface area (Å²) in [4.78, 5) is 127. The zero-order chi connectivity index (χ0) is 86.0. The number of carbonyl (C=O) groups excluding carboxylic acids is 8. The summed E-state index contributed by atoms with van der Waals surface area (Å²) in [6.45, 7) is 30.0. The summed E-state index contributed by atoms with van der Waals surface area (Å²) in [7, 11) is 6.10. The Bertz CT molecular complexity index is 3500. The summed E-state index contributed by atoms with van der Waals surface area (Å²) in [6.07, 6.45) is 12.0. The van der Waals surface area contributed by atoms with Crippen LogP contribution in [0.3, 0.4) is 0 Å². The van der Waals surface area contributed by atoms with Crippen molar-refractivity contribution < 1.29 is 116 Å². The number of rotatable bonds is 15. The molecule has 8 aliphatic rings. The number of ether oxygens (including phenoxy) is 9. The van der Waals surface area contributed by atoms with Gasteiger partial charge in [-0.25, -0.2) is 14.4 Å². The SMILES string of the molecule is C=CC[C@@H]1/C=C(\C)C[C@H](C)C[C@H](OC)[C@H]2O[C@@](O)(C(=O)C(=O)N3CCCC[C@H]3C(=O)O[C@H](/C(C)=C/C3CC[C@@H](O)[C@H](C)C3)[C@H](C)[C@@H](O)CC1=O)[C@H](C)C[C@@H]2OC.C=CC[C@@H]1/C=C(\C)C[C@H](C)C[C@H](OC)[C@H]2O[C@@](O)(C(=O)C(=O)N3CCCC[C@H]3C(=O)O[C@H](/C(C)=C/C3CC[C@@H](OCC(=O)O)[C@H](C)C3)[C@H](C)[C@@H](O)CC1=O)[C@H](C)C[C@@H]2OC.